The summed E-state index contributed by atoms with van der Waals surface area (Å²) in [6.45, 7) is 2.80. The van der Waals surface area contributed by atoms with Crippen molar-refractivity contribution in [3.8, 4) is 0 Å². The van der Waals surface area contributed by atoms with Gasteiger partial charge in [0.2, 0.25) is 0 Å². The van der Waals surface area contributed by atoms with E-state index in [1.165, 1.54) is 4.90 Å². The standard InChI is InChI=1S/C14H17N3S/c1-11-8-12(9-15-2)17-14(16-11)10-18-13-6-4-3-5-7-13/h3-8,15H,9-10H2,1-2H3. The minimum atomic E-state index is 0.784. The van der Waals surface area contributed by atoms with E-state index < -0.39 is 0 Å². The van der Waals surface area contributed by atoms with Crippen LogP contribution in [0.4, 0.5) is 0 Å². The first-order chi connectivity index (χ1) is 8.78. The summed E-state index contributed by atoms with van der Waals surface area (Å²) >= 11 is 1.76. The molecule has 3 nitrogen and oxygen atoms in total. The normalized spacial score (nSPS) is 10.6. The van der Waals surface area contributed by atoms with Gasteiger partial charge in [-0.2, -0.15) is 0 Å². The van der Waals surface area contributed by atoms with Crippen LogP contribution >= 0.6 is 11.8 Å². The van der Waals surface area contributed by atoms with Crippen molar-refractivity contribution in [3.63, 3.8) is 0 Å². The van der Waals surface area contributed by atoms with E-state index in [1.807, 2.05) is 38.2 Å². The Balaban J connectivity index is 2.05. The lowest BCUT2D eigenvalue weighted by atomic mass is 10.3. The monoisotopic (exact) mass is 259 g/mol. The summed E-state index contributed by atoms with van der Waals surface area (Å²) in [7, 11) is 1.93. The lowest BCUT2D eigenvalue weighted by molar-refractivity contribution is 0.773. The highest BCUT2D eigenvalue weighted by atomic mass is 32.2. The summed E-state index contributed by atoms with van der Waals surface area (Å²) in [5.74, 6) is 1.71. The van der Waals surface area contributed by atoms with Crippen LogP contribution in [0.15, 0.2) is 41.3 Å². The van der Waals surface area contributed by atoms with Crippen LogP contribution in [0.5, 0.6) is 0 Å². The van der Waals surface area contributed by atoms with Crippen molar-refractivity contribution >= 4 is 11.8 Å². The molecule has 4 heteroatoms. The van der Waals surface area contributed by atoms with Gasteiger partial charge in [-0.25, -0.2) is 9.97 Å². The molecule has 0 saturated carbocycles. The maximum atomic E-state index is 4.54. The molecule has 2 rings (SSSR count). The molecule has 0 atom stereocenters. The van der Waals surface area contributed by atoms with Crippen molar-refractivity contribution in [2.75, 3.05) is 7.05 Å². The molecule has 1 N–H and O–H groups in total. The maximum absolute atomic E-state index is 4.54. The fourth-order valence-corrected chi connectivity index (χ4v) is 2.48. The zero-order valence-electron chi connectivity index (χ0n) is 10.7. The van der Waals surface area contributed by atoms with Crippen LogP contribution in [0.25, 0.3) is 0 Å². The van der Waals surface area contributed by atoms with Crippen LogP contribution in [0.2, 0.25) is 0 Å². The van der Waals surface area contributed by atoms with Crippen molar-refractivity contribution in [2.45, 2.75) is 24.1 Å². The molecule has 1 aromatic heterocycles. The van der Waals surface area contributed by atoms with Gasteiger partial charge in [0.25, 0.3) is 0 Å². The zero-order valence-corrected chi connectivity index (χ0v) is 11.5. The quantitative estimate of drug-likeness (QED) is 0.838. The first-order valence-corrected chi connectivity index (χ1v) is 6.92. The minimum Gasteiger partial charge on any atom is -0.314 e. The first-order valence-electron chi connectivity index (χ1n) is 5.94. The van der Waals surface area contributed by atoms with Crippen molar-refractivity contribution < 1.29 is 0 Å². The van der Waals surface area contributed by atoms with Crippen molar-refractivity contribution in [3.05, 3.63) is 53.6 Å². The van der Waals surface area contributed by atoms with Gasteiger partial charge < -0.3 is 5.32 Å². The Morgan fingerprint density at radius 1 is 1.17 bits per heavy atom. The van der Waals surface area contributed by atoms with Gasteiger partial charge in [-0.05, 0) is 32.2 Å². The van der Waals surface area contributed by atoms with E-state index in [0.29, 0.717) is 0 Å². The predicted octanol–water partition coefficient (Wildman–Crippen LogP) is 2.80. The van der Waals surface area contributed by atoms with Gasteiger partial charge in [0.1, 0.15) is 5.82 Å². The summed E-state index contributed by atoms with van der Waals surface area (Å²) in [6, 6.07) is 12.4. The average Bonchev–Trinajstić information content (AvgIpc) is 2.37. The Hall–Kier alpha value is -1.39. The van der Waals surface area contributed by atoms with Gasteiger partial charge in [-0.1, -0.05) is 18.2 Å². The number of rotatable bonds is 5. The highest BCUT2D eigenvalue weighted by Crippen LogP contribution is 2.20. The number of hydrogen-bond acceptors (Lipinski definition) is 4. The molecule has 2 aromatic rings. The summed E-state index contributed by atoms with van der Waals surface area (Å²) in [4.78, 5) is 10.3. The van der Waals surface area contributed by atoms with Gasteiger partial charge >= 0.3 is 0 Å². The number of aromatic nitrogens is 2. The van der Waals surface area contributed by atoms with Crippen molar-refractivity contribution in [2.24, 2.45) is 0 Å². The van der Waals surface area contributed by atoms with E-state index in [1.54, 1.807) is 11.8 Å². The third-order valence-corrected chi connectivity index (χ3v) is 3.43. The van der Waals surface area contributed by atoms with E-state index in [-0.39, 0.29) is 0 Å². The fourth-order valence-electron chi connectivity index (χ4n) is 1.70. The fraction of sp³-hybridized carbons (Fsp3) is 0.286. The van der Waals surface area contributed by atoms with E-state index in [2.05, 4.69) is 27.4 Å². The van der Waals surface area contributed by atoms with E-state index in [4.69, 9.17) is 0 Å². The highest BCUT2D eigenvalue weighted by molar-refractivity contribution is 7.98. The molecule has 0 aliphatic rings. The molecule has 0 amide bonds. The third kappa shape index (κ3) is 3.82. The smallest absolute Gasteiger partial charge is 0.139 e. The van der Waals surface area contributed by atoms with Gasteiger partial charge in [-0.3, -0.25) is 0 Å². The van der Waals surface area contributed by atoms with Crippen LogP contribution in [0, 0.1) is 6.92 Å². The van der Waals surface area contributed by atoms with Crippen LogP contribution in [0.1, 0.15) is 17.2 Å². The van der Waals surface area contributed by atoms with E-state index in [0.717, 1.165) is 29.5 Å². The van der Waals surface area contributed by atoms with Gasteiger partial charge in [0, 0.05) is 17.1 Å². The molecule has 1 heterocycles. The molecule has 0 radical (unpaired) electrons. The predicted molar refractivity (Wildman–Crippen MR) is 75.5 cm³/mol. The first kappa shape index (κ1) is 13.1. The molecule has 94 valence electrons. The van der Waals surface area contributed by atoms with Crippen LogP contribution in [-0.2, 0) is 12.3 Å². The lowest BCUT2D eigenvalue weighted by Crippen LogP contribution is -2.09. The number of aryl methyl sites for hydroxylation is 1. The number of thioether (sulfide) groups is 1. The summed E-state index contributed by atoms with van der Waals surface area (Å²) in [6.07, 6.45) is 0. The highest BCUT2D eigenvalue weighted by Gasteiger charge is 2.03. The van der Waals surface area contributed by atoms with Crippen LogP contribution in [-0.4, -0.2) is 17.0 Å². The molecule has 0 unspecified atom stereocenters. The molecule has 0 aliphatic carbocycles. The van der Waals surface area contributed by atoms with E-state index >= 15 is 0 Å². The molecular weight excluding hydrogens is 242 g/mol. The summed E-state index contributed by atoms with van der Waals surface area (Å²) in [5.41, 5.74) is 2.08. The Morgan fingerprint density at radius 3 is 2.67 bits per heavy atom. The second-order valence-electron chi connectivity index (χ2n) is 4.05. The molecule has 0 aliphatic heterocycles. The molecular formula is C14H17N3S. The lowest BCUT2D eigenvalue weighted by Gasteiger charge is -2.05. The van der Waals surface area contributed by atoms with Gasteiger partial charge in [-0.15, -0.1) is 11.8 Å². The second kappa shape index (κ2) is 6.52. The summed E-state index contributed by atoms with van der Waals surface area (Å²) in [5, 5.41) is 3.12. The topological polar surface area (TPSA) is 37.8 Å². The van der Waals surface area contributed by atoms with Crippen LogP contribution < -0.4 is 5.32 Å². The average molecular weight is 259 g/mol. The Morgan fingerprint density at radius 2 is 1.94 bits per heavy atom. The minimum absolute atomic E-state index is 0.784. The summed E-state index contributed by atoms with van der Waals surface area (Å²) < 4.78 is 0. The zero-order chi connectivity index (χ0) is 12.8. The Bertz CT molecular complexity index is 500. The van der Waals surface area contributed by atoms with Crippen molar-refractivity contribution in [1.82, 2.24) is 15.3 Å². The molecule has 0 fully saturated rings. The number of benzene rings is 1. The SMILES string of the molecule is CNCc1cc(C)nc(CSc2ccccc2)n1. The molecule has 18 heavy (non-hydrogen) atoms. The maximum Gasteiger partial charge on any atom is 0.139 e. The number of nitrogens with zero attached hydrogens (tertiary/aromatic N) is 2. The third-order valence-electron chi connectivity index (χ3n) is 2.42. The molecule has 1 aromatic carbocycles. The number of nitrogens with one attached hydrogen (secondary N) is 1. The Labute approximate surface area is 112 Å². The molecule has 0 spiro atoms. The Kier molecular flexibility index (Phi) is 4.73. The van der Waals surface area contributed by atoms with Gasteiger partial charge in [0.15, 0.2) is 0 Å². The van der Waals surface area contributed by atoms with Crippen molar-refractivity contribution in [1.29, 1.82) is 0 Å². The van der Waals surface area contributed by atoms with E-state index in [9.17, 15) is 0 Å². The largest absolute Gasteiger partial charge is 0.314 e. The molecule has 0 saturated heterocycles. The molecule has 0 bridgehead atoms. The number of hydrogen-bond donors (Lipinski definition) is 1. The van der Waals surface area contributed by atoms with Gasteiger partial charge in [0.05, 0.1) is 11.4 Å². The second-order valence-corrected chi connectivity index (χ2v) is 5.10. The van der Waals surface area contributed by atoms with Crippen LogP contribution in [0.3, 0.4) is 0 Å².